The minimum Gasteiger partial charge on any atom is -0.465 e. The van der Waals surface area contributed by atoms with E-state index in [9.17, 15) is 17.6 Å². The van der Waals surface area contributed by atoms with Gasteiger partial charge in [-0.2, -0.15) is 13.2 Å². The van der Waals surface area contributed by atoms with Crippen molar-refractivity contribution < 1.29 is 22.3 Å². The van der Waals surface area contributed by atoms with E-state index in [0.29, 0.717) is 12.3 Å². The number of benzene rings is 2. The van der Waals surface area contributed by atoms with Gasteiger partial charge in [0, 0.05) is 12.2 Å². The number of anilines is 1. The Hall–Kier alpha value is -2.61. The fourth-order valence-electron chi connectivity index (χ4n) is 3.96. The van der Waals surface area contributed by atoms with Crippen molar-refractivity contribution in [3.05, 3.63) is 66.0 Å². The average molecular weight is 435 g/mol. The first kappa shape index (κ1) is 21.6. The number of nitrogens with zero attached hydrogens (tertiary/aromatic N) is 3. The zero-order valence-corrected chi connectivity index (χ0v) is 17.1. The van der Waals surface area contributed by atoms with Gasteiger partial charge in [-0.25, -0.2) is 9.38 Å². The van der Waals surface area contributed by atoms with E-state index in [1.807, 2.05) is 6.07 Å². The van der Waals surface area contributed by atoms with Crippen molar-refractivity contribution in [3.8, 4) is 0 Å². The highest BCUT2D eigenvalue weighted by Crippen LogP contribution is 2.31. The molecule has 0 saturated carbocycles. The van der Waals surface area contributed by atoms with Crippen LogP contribution in [-0.2, 0) is 11.3 Å². The van der Waals surface area contributed by atoms with Gasteiger partial charge in [-0.3, -0.25) is 9.80 Å². The lowest BCUT2D eigenvalue weighted by Crippen LogP contribution is -2.37. The van der Waals surface area contributed by atoms with Crippen LogP contribution in [0.25, 0.3) is 0 Å². The SMILES string of the molecule is Fc1ccc(CN2CCC(COC3=NC(C(F)(F)F)CN3c3ccccc3)CC2)cc1. The van der Waals surface area contributed by atoms with Gasteiger partial charge in [-0.1, -0.05) is 30.3 Å². The van der Waals surface area contributed by atoms with Crippen LogP contribution in [0.3, 0.4) is 0 Å². The van der Waals surface area contributed by atoms with Crippen molar-refractivity contribution in [1.82, 2.24) is 4.90 Å². The van der Waals surface area contributed by atoms with Crippen molar-refractivity contribution in [2.75, 3.05) is 31.1 Å². The number of halogens is 4. The molecular weight excluding hydrogens is 410 g/mol. The Labute approximate surface area is 179 Å². The number of likely N-dealkylation sites (tertiary alicyclic amines) is 1. The summed E-state index contributed by atoms with van der Waals surface area (Å²) >= 11 is 0. The Balaban J connectivity index is 1.31. The first-order valence-electron chi connectivity index (χ1n) is 10.4. The summed E-state index contributed by atoms with van der Waals surface area (Å²) in [5.41, 5.74) is 1.70. The fourth-order valence-corrected chi connectivity index (χ4v) is 3.96. The van der Waals surface area contributed by atoms with Gasteiger partial charge >= 0.3 is 6.18 Å². The largest absolute Gasteiger partial charge is 0.465 e. The van der Waals surface area contributed by atoms with E-state index < -0.39 is 12.2 Å². The molecule has 2 heterocycles. The van der Waals surface area contributed by atoms with Gasteiger partial charge in [0.2, 0.25) is 0 Å². The van der Waals surface area contributed by atoms with Crippen LogP contribution in [0, 0.1) is 11.7 Å². The summed E-state index contributed by atoms with van der Waals surface area (Å²) in [6, 6.07) is 13.7. The summed E-state index contributed by atoms with van der Waals surface area (Å²) < 4.78 is 58.6. The summed E-state index contributed by atoms with van der Waals surface area (Å²) in [5.74, 6) is 0.0153. The molecule has 0 aliphatic carbocycles. The molecule has 0 bridgehead atoms. The minimum atomic E-state index is -4.40. The third kappa shape index (κ3) is 5.55. The lowest BCUT2D eigenvalue weighted by atomic mass is 9.97. The van der Waals surface area contributed by atoms with Crippen LogP contribution in [0.2, 0.25) is 0 Å². The first-order chi connectivity index (χ1) is 14.9. The Morgan fingerprint density at radius 2 is 1.65 bits per heavy atom. The molecule has 8 heteroatoms. The van der Waals surface area contributed by atoms with E-state index >= 15 is 0 Å². The van der Waals surface area contributed by atoms with Crippen molar-refractivity contribution in [2.24, 2.45) is 10.9 Å². The predicted octanol–water partition coefficient (Wildman–Crippen LogP) is 4.86. The molecule has 166 valence electrons. The number of hydrogen-bond donors (Lipinski definition) is 0. The van der Waals surface area contributed by atoms with Gasteiger partial charge in [-0.05, 0) is 61.7 Å². The van der Waals surface area contributed by atoms with E-state index in [2.05, 4.69) is 9.89 Å². The van der Waals surface area contributed by atoms with Gasteiger partial charge in [0.15, 0.2) is 6.04 Å². The number of hydrogen-bond acceptors (Lipinski definition) is 4. The normalized spacial score (nSPS) is 20.7. The molecule has 1 unspecified atom stereocenters. The molecule has 0 amide bonds. The van der Waals surface area contributed by atoms with Gasteiger partial charge in [0.1, 0.15) is 5.82 Å². The molecule has 2 aliphatic heterocycles. The molecule has 4 rings (SSSR count). The molecule has 4 nitrogen and oxygen atoms in total. The number of para-hydroxylation sites is 1. The minimum absolute atomic E-state index is 0.0438. The third-order valence-electron chi connectivity index (χ3n) is 5.77. The summed E-state index contributed by atoms with van der Waals surface area (Å²) in [7, 11) is 0. The van der Waals surface area contributed by atoms with E-state index in [1.54, 1.807) is 36.4 Å². The van der Waals surface area contributed by atoms with E-state index in [0.717, 1.165) is 38.0 Å². The number of rotatable bonds is 5. The van der Waals surface area contributed by atoms with Crippen molar-refractivity contribution in [1.29, 1.82) is 0 Å². The molecule has 0 radical (unpaired) electrons. The van der Waals surface area contributed by atoms with Crippen LogP contribution in [-0.4, -0.2) is 49.4 Å². The molecule has 1 saturated heterocycles. The molecule has 0 aromatic heterocycles. The highest BCUT2D eigenvalue weighted by molar-refractivity contribution is 5.93. The van der Waals surface area contributed by atoms with E-state index in [1.165, 1.54) is 17.0 Å². The number of amidine groups is 1. The van der Waals surface area contributed by atoms with Gasteiger partial charge in [0.05, 0.1) is 13.2 Å². The Kier molecular flexibility index (Phi) is 6.46. The zero-order valence-electron chi connectivity index (χ0n) is 17.1. The van der Waals surface area contributed by atoms with E-state index in [4.69, 9.17) is 4.74 Å². The Morgan fingerprint density at radius 1 is 0.968 bits per heavy atom. The van der Waals surface area contributed by atoms with Gasteiger partial charge in [0.25, 0.3) is 6.02 Å². The highest BCUT2D eigenvalue weighted by Gasteiger charge is 2.46. The second-order valence-corrected chi connectivity index (χ2v) is 8.07. The van der Waals surface area contributed by atoms with Gasteiger partial charge < -0.3 is 4.74 Å². The second kappa shape index (κ2) is 9.26. The van der Waals surface area contributed by atoms with Crippen LogP contribution in [0.15, 0.2) is 59.6 Å². The van der Waals surface area contributed by atoms with Gasteiger partial charge in [-0.15, -0.1) is 0 Å². The molecule has 2 aromatic carbocycles. The summed E-state index contributed by atoms with van der Waals surface area (Å²) in [6.07, 6.45) is -2.62. The lowest BCUT2D eigenvalue weighted by molar-refractivity contribution is -0.143. The van der Waals surface area contributed by atoms with Crippen LogP contribution in [0.1, 0.15) is 18.4 Å². The van der Waals surface area contributed by atoms with Crippen LogP contribution in [0.5, 0.6) is 0 Å². The maximum absolute atomic E-state index is 13.2. The molecule has 31 heavy (non-hydrogen) atoms. The van der Waals surface area contributed by atoms with Crippen LogP contribution >= 0.6 is 0 Å². The molecule has 1 fully saturated rings. The number of ether oxygens (including phenoxy) is 1. The standard InChI is InChI=1S/C23H25F4N3O/c24-19-8-6-17(7-9-19)14-29-12-10-18(11-13-29)16-31-22-28-21(23(25,26)27)15-30(22)20-4-2-1-3-5-20/h1-9,18,21H,10-16H2. The molecule has 0 spiro atoms. The topological polar surface area (TPSA) is 28.1 Å². The smallest absolute Gasteiger partial charge is 0.412 e. The lowest BCUT2D eigenvalue weighted by Gasteiger charge is -2.32. The number of alkyl halides is 3. The Bertz CT molecular complexity index is 878. The first-order valence-corrected chi connectivity index (χ1v) is 10.4. The highest BCUT2D eigenvalue weighted by atomic mass is 19.4. The average Bonchev–Trinajstić information content (AvgIpc) is 3.20. The zero-order chi connectivity index (χ0) is 21.8. The number of piperidine rings is 1. The summed E-state index contributed by atoms with van der Waals surface area (Å²) in [6.45, 7) is 2.57. The van der Waals surface area contributed by atoms with Crippen molar-refractivity contribution in [2.45, 2.75) is 31.6 Å². The van der Waals surface area contributed by atoms with Crippen LogP contribution in [0.4, 0.5) is 23.2 Å². The third-order valence-corrected chi connectivity index (χ3v) is 5.77. The summed E-state index contributed by atoms with van der Waals surface area (Å²) in [5, 5.41) is 0. The molecule has 0 N–H and O–H groups in total. The second-order valence-electron chi connectivity index (χ2n) is 8.07. The maximum atomic E-state index is 13.2. The fraction of sp³-hybridized carbons (Fsp3) is 0.435. The van der Waals surface area contributed by atoms with Crippen LogP contribution < -0.4 is 4.90 Å². The molecule has 2 aromatic rings. The monoisotopic (exact) mass is 435 g/mol. The van der Waals surface area contributed by atoms with E-state index in [-0.39, 0.29) is 24.3 Å². The predicted molar refractivity (Wildman–Crippen MR) is 111 cm³/mol. The molecular formula is C23H25F4N3O. The van der Waals surface area contributed by atoms with Crippen molar-refractivity contribution >= 4 is 11.7 Å². The quantitative estimate of drug-likeness (QED) is 0.628. The maximum Gasteiger partial charge on any atom is 0.412 e. The number of aliphatic imine (C=N–C) groups is 1. The molecule has 1 atom stereocenters. The van der Waals surface area contributed by atoms with Crippen molar-refractivity contribution in [3.63, 3.8) is 0 Å². The molecule has 2 aliphatic rings. The Morgan fingerprint density at radius 3 is 2.29 bits per heavy atom. The summed E-state index contributed by atoms with van der Waals surface area (Å²) in [4.78, 5) is 7.63.